The van der Waals surface area contributed by atoms with Crippen molar-refractivity contribution in [1.29, 1.82) is 0 Å². The molecule has 7 heteroatoms. The third-order valence-corrected chi connectivity index (χ3v) is 1.60. The number of rotatable bonds is 4. The molecule has 0 heterocycles. The van der Waals surface area contributed by atoms with Gasteiger partial charge in [0.25, 0.3) is 10.1 Å². The number of carboxylic acid groups (broad SMARTS) is 1. The van der Waals surface area contributed by atoms with Crippen LogP contribution in [0.5, 0.6) is 0 Å². The number of aliphatic carboxylic acids is 1. The third-order valence-electron chi connectivity index (χ3n) is 0.793. The van der Waals surface area contributed by atoms with Gasteiger partial charge in [0.05, 0.1) is 5.75 Å². The van der Waals surface area contributed by atoms with E-state index < -0.39 is 21.8 Å². The van der Waals surface area contributed by atoms with Gasteiger partial charge in [-0.1, -0.05) is 0 Å². The Morgan fingerprint density at radius 3 is 2.09 bits per heavy atom. The second kappa shape index (κ2) is 5.75. The highest BCUT2D eigenvalue weighted by atomic mass is 32.2. The highest BCUT2D eigenvalue weighted by molar-refractivity contribution is 7.85. The predicted molar refractivity (Wildman–Crippen MR) is 41.8 cm³/mol. The fourth-order valence-electron chi connectivity index (χ4n) is 0.406. The van der Waals surface area contributed by atoms with E-state index in [1.165, 1.54) is 0 Å². The maximum Gasteiger partial charge on any atom is 0.316 e. The van der Waals surface area contributed by atoms with Gasteiger partial charge in [-0.3, -0.25) is 9.35 Å². The van der Waals surface area contributed by atoms with Gasteiger partial charge in [-0.05, 0) is 6.42 Å². The highest BCUT2D eigenvalue weighted by Gasteiger charge is 2.05. The molecule has 0 aromatic rings. The van der Waals surface area contributed by atoms with E-state index in [4.69, 9.17) is 9.66 Å². The smallest absolute Gasteiger partial charge is 0.316 e. The van der Waals surface area contributed by atoms with Crippen molar-refractivity contribution in [2.45, 2.75) is 12.8 Å². The fraction of sp³-hybridized carbons (Fsp3) is 0.750. The van der Waals surface area contributed by atoms with Gasteiger partial charge < -0.3 is 5.11 Å². The molecule has 0 radical (unpaired) electrons. The number of hydrogen-bond acceptors (Lipinski definition) is 3. The van der Waals surface area contributed by atoms with E-state index in [0.717, 1.165) is 0 Å². The predicted octanol–water partition coefficient (Wildman–Crippen LogP) is -1.18. The van der Waals surface area contributed by atoms with Crippen LogP contribution >= 0.6 is 0 Å². The summed E-state index contributed by atoms with van der Waals surface area (Å²) < 4.78 is 28.1. The molecule has 0 unspecified atom stereocenters. The lowest BCUT2D eigenvalue weighted by Crippen LogP contribution is -2.06. The Balaban J connectivity index is 0. The van der Waals surface area contributed by atoms with Crippen LogP contribution in [0.2, 0.25) is 0 Å². The third kappa shape index (κ3) is 13.2. The second-order valence-electron chi connectivity index (χ2n) is 1.78. The molecule has 0 aliphatic heterocycles. The molecule has 64 valence electrons. The van der Waals surface area contributed by atoms with Crippen molar-refractivity contribution in [3.63, 3.8) is 0 Å². The summed E-state index contributed by atoms with van der Waals surface area (Å²) in [6.45, 7) is 0. The van der Waals surface area contributed by atoms with Crippen LogP contribution in [0.15, 0.2) is 0 Å². The quantitative estimate of drug-likeness (QED) is 0.434. The van der Waals surface area contributed by atoms with Gasteiger partial charge in [0.15, 0.2) is 0 Å². The molecule has 0 atom stereocenters. The summed E-state index contributed by atoms with van der Waals surface area (Å²) in [5.74, 6) is -1.55. The Morgan fingerprint density at radius 1 is 1.36 bits per heavy atom. The minimum absolute atomic E-state index is 0. The summed E-state index contributed by atoms with van der Waals surface area (Å²) in [5, 5.41) is 8.03. The standard InChI is InChI=1S/C4H8O5S.Mg.2H/c5-4(6)2-1-3-10(7,8)9;;;/h1-3H2,(H,5,6)(H,7,8,9);;;. The van der Waals surface area contributed by atoms with E-state index in [1.54, 1.807) is 0 Å². The first-order valence-electron chi connectivity index (χ1n) is 2.59. The monoisotopic (exact) mass is 194 g/mol. The lowest BCUT2D eigenvalue weighted by atomic mass is 10.3. The zero-order valence-electron chi connectivity index (χ0n) is 5.15. The molecule has 0 aromatic carbocycles. The molecule has 0 spiro atoms. The van der Waals surface area contributed by atoms with E-state index in [9.17, 15) is 13.2 Å². The Kier molecular flexibility index (Phi) is 7.17. The van der Waals surface area contributed by atoms with Crippen LogP contribution in [0.25, 0.3) is 0 Å². The van der Waals surface area contributed by atoms with Crippen LogP contribution in [0, 0.1) is 0 Å². The first-order chi connectivity index (χ1) is 4.42. The van der Waals surface area contributed by atoms with Gasteiger partial charge in [0.2, 0.25) is 0 Å². The number of carboxylic acids is 1. The normalized spacial score (nSPS) is 10.3. The Labute approximate surface area is 80.7 Å². The topological polar surface area (TPSA) is 91.7 Å². The van der Waals surface area contributed by atoms with Crippen molar-refractivity contribution < 1.29 is 22.9 Å². The van der Waals surface area contributed by atoms with E-state index in [0.29, 0.717) is 0 Å². The van der Waals surface area contributed by atoms with E-state index in [2.05, 4.69) is 0 Å². The molecule has 0 rings (SSSR count). The summed E-state index contributed by atoms with van der Waals surface area (Å²) in [6, 6.07) is 0. The summed E-state index contributed by atoms with van der Waals surface area (Å²) in [6.07, 6.45) is -0.284. The summed E-state index contributed by atoms with van der Waals surface area (Å²) in [4.78, 5) is 9.81. The van der Waals surface area contributed by atoms with Gasteiger partial charge in [-0.2, -0.15) is 8.42 Å². The Hall–Kier alpha value is 0.146. The van der Waals surface area contributed by atoms with Crippen molar-refractivity contribution in [2.24, 2.45) is 0 Å². The van der Waals surface area contributed by atoms with Crippen molar-refractivity contribution in [2.75, 3.05) is 5.75 Å². The van der Waals surface area contributed by atoms with Crippen LogP contribution in [0.3, 0.4) is 0 Å². The number of carbonyl (C=O) groups is 1. The van der Waals surface area contributed by atoms with Crippen LogP contribution < -0.4 is 0 Å². The maximum atomic E-state index is 9.98. The molecule has 0 bridgehead atoms. The first-order valence-corrected chi connectivity index (χ1v) is 4.20. The lowest BCUT2D eigenvalue weighted by Gasteiger charge is -1.92. The van der Waals surface area contributed by atoms with Gasteiger partial charge in [0.1, 0.15) is 0 Å². The highest BCUT2D eigenvalue weighted by Crippen LogP contribution is 1.92. The van der Waals surface area contributed by atoms with Crippen molar-refractivity contribution in [1.82, 2.24) is 0 Å². The lowest BCUT2D eigenvalue weighted by molar-refractivity contribution is -0.137. The van der Waals surface area contributed by atoms with Crippen molar-refractivity contribution >= 4 is 39.1 Å². The summed E-state index contributed by atoms with van der Waals surface area (Å²) in [5.41, 5.74) is 0. The zero-order chi connectivity index (χ0) is 8.20. The van der Waals surface area contributed by atoms with E-state index in [-0.39, 0.29) is 35.9 Å². The maximum absolute atomic E-state index is 9.98. The average Bonchev–Trinajstić information content (AvgIpc) is 1.59. The molecule has 11 heavy (non-hydrogen) atoms. The zero-order valence-corrected chi connectivity index (χ0v) is 5.97. The molecular weight excluding hydrogens is 184 g/mol. The van der Waals surface area contributed by atoms with Gasteiger partial charge in [-0.25, -0.2) is 0 Å². The van der Waals surface area contributed by atoms with Crippen molar-refractivity contribution in [3.05, 3.63) is 0 Å². The molecular formula is C4H10MgO5S. The fourth-order valence-corrected chi connectivity index (χ4v) is 0.915. The van der Waals surface area contributed by atoms with Crippen LogP contribution in [0.1, 0.15) is 12.8 Å². The second-order valence-corrected chi connectivity index (χ2v) is 3.36. The average molecular weight is 194 g/mol. The molecule has 0 aliphatic carbocycles. The van der Waals surface area contributed by atoms with Gasteiger partial charge in [0, 0.05) is 6.42 Å². The minimum Gasteiger partial charge on any atom is -0.481 e. The minimum atomic E-state index is -3.98. The van der Waals surface area contributed by atoms with Crippen molar-refractivity contribution in [3.8, 4) is 0 Å². The Morgan fingerprint density at radius 2 is 1.82 bits per heavy atom. The van der Waals surface area contributed by atoms with Crippen LogP contribution in [0.4, 0.5) is 0 Å². The first kappa shape index (κ1) is 13.7. The molecule has 0 aromatic heterocycles. The van der Waals surface area contributed by atoms with Crippen LogP contribution in [-0.4, -0.2) is 52.9 Å². The molecule has 0 fully saturated rings. The van der Waals surface area contributed by atoms with Crippen LogP contribution in [-0.2, 0) is 14.9 Å². The molecule has 0 aliphatic rings. The molecule has 2 N–H and O–H groups in total. The molecule has 0 amide bonds. The molecule has 0 saturated carbocycles. The molecule has 0 saturated heterocycles. The number of hydrogen-bond donors (Lipinski definition) is 2. The summed E-state index contributed by atoms with van der Waals surface area (Å²) in [7, 11) is -3.98. The molecule has 5 nitrogen and oxygen atoms in total. The van der Waals surface area contributed by atoms with Gasteiger partial charge in [-0.15, -0.1) is 0 Å². The Bertz CT molecular complexity index is 209. The summed E-state index contributed by atoms with van der Waals surface area (Å²) >= 11 is 0. The van der Waals surface area contributed by atoms with E-state index >= 15 is 0 Å². The SMILES string of the molecule is O=C(O)CCCS(=O)(=O)O.[MgH2]. The van der Waals surface area contributed by atoms with Gasteiger partial charge >= 0.3 is 29.0 Å². The largest absolute Gasteiger partial charge is 0.481 e. The van der Waals surface area contributed by atoms with E-state index in [1.807, 2.05) is 0 Å².